The Morgan fingerprint density at radius 1 is 1.17 bits per heavy atom. The summed E-state index contributed by atoms with van der Waals surface area (Å²) in [5.74, 6) is 0. The van der Waals surface area contributed by atoms with Crippen LogP contribution in [0.25, 0.3) is 0 Å². The number of hydrogen-bond acceptors (Lipinski definition) is 1. The zero-order chi connectivity index (χ0) is 13.2. The van der Waals surface area contributed by atoms with Crippen LogP contribution in [0.2, 0.25) is 0 Å². The van der Waals surface area contributed by atoms with Crippen LogP contribution in [0.4, 0.5) is 0 Å². The van der Waals surface area contributed by atoms with Crippen molar-refractivity contribution in [3.05, 3.63) is 72.6 Å². The van der Waals surface area contributed by atoms with E-state index in [1.807, 2.05) is 6.20 Å². The second-order valence-corrected chi connectivity index (χ2v) is 5.67. The summed E-state index contributed by atoms with van der Waals surface area (Å²) in [6.07, 6.45) is 8.51. The fourth-order valence-electron chi connectivity index (χ4n) is 2.16. The molecule has 0 aliphatic carbocycles. The third kappa shape index (κ3) is 2.56. The molecule has 1 aromatic rings. The second-order valence-electron chi connectivity index (χ2n) is 5.67. The Bertz CT molecular complexity index is 474. The molecule has 1 aromatic carbocycles. The second kappa shape index (κ2) is 4.85. The van der Waals surface area contributed by atoms with Gasteiger partial charge < -0.3 is 4.90 Å². The summed E-state index contributed by atoms with van der Waals surface area (Å²) in [6, 6.07) is 10.8. The Balaban J connectivity index is 2.39. The minimum Gasteiger partial charge on any atom is -0.344 e. The van der Waals surface area contributed by atoms with Crippen LogP contribution in [0.15, 0.2) is 67.0 Å². The maximum absolute atomic E-state index is 3.89. The summed E-state index contributed by atoms with van der Waals surface area (Å²) in [7, 11) is 0. The first-order valence-corrected chi connectivity index (χ1v) is 6.38. The molecule has 0 fully saturated rings. The molecule has 0 spiro atoms. The maximum atomic E-state index is 3.89. The largest absolute Gasteiger partial charge is 0.344 e. The van der Waals surface area contributed by atoms with Crippen molar-refractivity contribution in [2.45, 2.75) is 26.8 Å². The van der Waals surface area contributed by atoms with Gasteiger partial charge >= 0.3 is 0 Å². The SMILES string of the molecule is C=CN1C=CC(C(C)(C)C)=CC1c1ccccc1. The minimum absolute atomic E-state index is 0.177. The molecule has 1 heteroatoms. The molecule has 0 N–H and O–H groups in total. The van der Waals surface area contributed by atoms with Gasteiger partial charge in [-0.3, -0.25) is 0 Å². The number of nitrogens with zero attached hydrogens (tertiary/aromatic N) is 1. The van der Waals surface area contributed by atoms with E-state index in [4.69, 9.17) is 0 Å². The summed E-state index contributed by atoms with van der Waals surface area (Å²) >= 11 is 0. The van der Waals surface area contributed by atoms with Crippen molar-refractivity contribution in [1.29, 1.82) is 0 Å². The molecule has 1 aliphatic rings. The van der Waals surface area contributed by atoms with Crippen molar-refractivity contribution in [2.24, 2.45) is 5.41 Å². The van der Waals surface area contributed by atoms with Gasteiger partial charge in [-0.25, -0.2) is 0 Å². The highest BCUT2D eigenvalue weighted by Crippen LogP contribution is 2.35. The molecule has 1 unspecified atom stereocenters. The fourth-order valence-corrected chi connectivity index (χ4v) is 2.16. The number of hydrogen-bond donors (Lipinski definition) is 0. The van der Waals surface area contributed by atoms with Gasteiger partial charge in [-0.2, -0.15) is 0 Å². The fraction of sp³-hybridized carbons (Fsp3) is 0.294. The van der Waals surface area contributed by atoms with Crippen molar-refractivity contribution < 1.29 is 0 Å². The number of allylic oxidation sites excluding steroid dienone is 2. The van der Waals surface area contributed by atoms with Crippen LogP contribution in [0.1, 0.15) is 32.4 Å². The molecule has 1 nitrogen and oxygen atoms in total. The predicted molar refractivity (Wildman–Crippen MR) is 77.9 cm³/mol. The van der Waals surface area contributed by atoms with Gasteiger partial charge in [-0.1, -0.05) is 63.8 Å². The van der Waals surface area contributed by atoms with Crippen LogP contribution in [-0.4, -0.2) is 4.90 Å². The molecule has 1 atom stereocenters. The molecular formula is C17H21N. The first-order chi connectivity index (χ1) is 8.52. The highest BCUT2D eigenvalue weighted by molar-refractivity contribution is 5.35. The summed E-state index contributed by atoms with van der Waals surface area (Å²) in [5.41, 5.74) is 2.84. The Kier molecular flexibility index (Phi) is 3.42. The van der Waals surface area contributed by atoms with Crippen LogP contribution in [0.5, 0.6) is 0 Å². The van der Waals surface area contributed by atoms with Gasteiger partial charge in [0.2, 0.25) is 0 Å². The van der Waals surface area contributed by atoms with Crippen LogP contribution in [-0.2, 0) is 0 Å². The van der Waals surface area contributed by atoms with Crippen molar-refractivity contribution >= 4 is 0 Å². The average Bonchev–Trinajstić information content (AvgIpc) is 2.38. The van der Waals surface area contributed by atoms with E-state index in [1.165, 1.54) is 11.1 Å². The third-order valence-corrected chi connectivity index (χ3v) is 3.30. The van der Waals surface area contributed by atoms with Crippen molar-refractivity contribution in [3.8, 4) is 0 Å². The van der Waals surface area contributed by atoms with E-state index < -0.39 is 0 Å². The Morgan fingerprint density at radius 2 is 1.83 bits per heavy atom. The maximum Gasteiger partial charge on any atom is 0.0769 e. The normalized spacial score (nSPS) is 19.6. The third-order valence-electron chi connectivity index (χ3n) is 3.30. The Morgan fingerprint density at radius 3 is 2.39 bits per heavy atom. The molecule has 18 heavy (non-hydrogen) atoms. The van der Waals surface area contributed by atoms with E-state index in [0.717, 1.165) is 0 Å². The monoisotopic (exact) mass is 239 g/mol. The summed E-state index contributed by atoms with van der Waals surface area (Å²) in [5, 5.41) is 0. The molecule has 1 heterocycles. The quantitative estimate of drug-likeness (QED) is 0.724. The first-order valence-electron chi connectivity index (χ1n) is 6.38. The lowest BCUT2D eigenvalue weighted by molar-refractivity contribution is 0.413. The Hall–Kier alpha value is -1.76. The molecule has 2 rings (SSSR count). The lowest BCUT2D eigenvalue weighted by atomic mass is 9.83. The highest BCUT2D eigenvalue weighted by atomic mass is 15.1. The van der Waals surface area contributed by atoms with Gasteiger partial charge in [-0.05, 0) is 28.8 Å². The Labute approximate surface area is 110 Å². The standard InChI is InChI=1S/C17H21N/c1-5-18-12-11-15(17(2,3)4)13-16(18)14-9-7-6-8-10-14/h5-13,16H,1H2,2-4H3. The molecule has 0 amide bonds. The molecule has 0 saturated carbocycles. The molecule has 0 radical (unpaired) electrons. The average molecular weight is 239 g/mol. The molecule has 0 bridgehead atoms. The lowest BCUT2D eigenvalue weighted by Gasteiger charge is -2.33. The van der Waals surface area contributed by atoms with Gasteiger partial charge in [0.05, 0.1) is 6.04 Å². The van der Waals surface area contributed by atoms with E-state index in [-0.39, 0.29) is 11.5 Å². The van der Waals surface area contributed by atoms with Crippen LogP contribution >= 0.6 is 0 Å². The number of benzene rings is 1. The van der Waals surface area contributed by atoms with Gasteiger partial charge in [0, 0.05) is 6.20 Å². The minimum atomic E-state index is 0.177. The van der Waals surface area contributed by atoms with Crippen LogP contribution in [0, 0.1) is 5.41 Å². The number of rotatable bonds is 2. The first kappa shape index (κ1) is 12.7. The van der Waals surface area contributed by atoms with Crippen molar-refractivity contribution in [1.82, 2.24) is 4.90 Å². The van der Waals surface area contributed by atoms with Crippen molar-refractivity contribution in [3.63, 3.8) is 0 Å². The van der Waals surface area contributed by atoms with Gasteiger partial charge in [0.1, 0.15) is 0 Å². The van der Waals surface area contributed by atoms with E-state index >= 15 is 0 Å². The van der Waals surface area contributed by atoms with Crippen molar-refractivity contribution in [2.75, 3.05) is 0 Å². The zero-order valence-electron chi connectivity index (χ0n) is 11.4. The van der Waals surface area contributed by atoms with E-state index in [2.05, 4.69) is 80.9 Å². The van der Waals surface area contributed by atoms with Gasteiger partial charge in [0.15, 0.2) is 0 Å². The van der Waals surface area contributed by atoms with Crippen LogP contribution < -0.4 is 0 Å². The summed E-state index contributed by atoms with van der Waals surface area (Å²) < 4.78 is 0. The van der Waals surface area contributed by atoms with Crippen LogP contribution in [0.3, 0.4) is 0 Å². The zero-order valence-corrected chi connectivity index (χ0v) is 11.4. The molecule has 94 valence electrons. The molecule has 0 saturated heterocycles. The van der Waals surface area contributed by atoms with Gasteiger partial charge in [0.25, 0.3) is 0 Å². The lowest BCUT2D eigenvalue weighted by Crippen LogP contribution is -2.22. The van der Waals surface area contributed by atoms with E-state index in [0.29, 0.717) is 0 Å². The summed E-state index contributed by atoms with van der Waals surface area (Å²) in [6.45, 7) is 10.6. The summed E-state index contributed by atoms with van der Waals surface area (Å²) in [4.78, 5) is 2.14. The highest BCUT2D eigenvalue weighted by Gasteiger charge is 2.22. The molecule has 1 aliphatic heterocycles. The predicted octanol–water partition coefficient (Wildman–Crippen LogP) is 4.67. The molecular weight excluding hydrogens is 218 g/mol. The van der Waals surface area contributed by atoms with E-state index in [1.54, 1.807) is 0 Å². The van der Waals surface area contributed by atoms with E-state index in [9.17, 15) is 0 Å². The van der Waals surface area contributed by atoms with Gasteiger partial charge in [-0.15, -0.1) is 0 Å². The molecule has 0 aromatic heterocycles. The smallest absolute Gasteiger partial charge is 0.0769 e. The topological polar surface area (TPSA) is 3.24 Å².